The second-order valence-electron chi connectivity index (χ2n) is 6.43. The van der Waals surface area contributed by atoms with Gasteiger partial charge in [0.2, 0.25) is 0 Å². The number of nitrogens with one attached hydrogen (secondary N) is 1. The molecule has 0 spiro atoms. The maximum atomic E-state index is 12.4. The van der Waals surface area contributed by atoms with Crippen LogP contribution in [0.2, 0.25) is 0 Å². The number of allylic oxidation sites excluding steroid dienone is 1. The van der Waals surface area contributed by atoms with Crippen LogP contribution < -0.4 is 10.2 Å². The van der Waals surface area contributed by atoms with E-state index in [1.165, 1.54) is 11.3 Å². The van der Waals surface area contributed by atoms with Crippen LogP contribution in [-0.4, -0.2) is 46.8 Å². The zero-order valence-corrected chi connectivity index (χ0v) is 16.3. The van der Waals surface area contributed by atoms with Crippen LogP contribution >= 0.6 is 22.9 Å². The van der Waals surface area contributed by atoms with E-state index in [1.807, 2.05) is 6.92 Å². The molecule has 2 aliphatic heterocycles. The van der Waals surface area contributed by atoms with Gasteiger partial charge in [-0.25, -0.2) is 14.8 Å². The van der Waals surface area contributed by atoms with Crippen molar-refractivity contribution in [3.63, 3.8) is 0 Å². The smallest absolute Gasteiger partial charge is 0.347 e. The first kappa shape index (κ1) is 18.8. The molecule has 140 valence electrons. The van der Waals surface area contributed by atoms with Crippen LogP contribution in [0.4, 0.5) is 5.13 Å². The summed E-state index contributed by atoms with van der Waals surface area (Å²) in [5.41, 5.74) is 2.03. The van der Waals surface area contributed by atoms with Crippen molar-refractivity contribution in [3.8, 4) is 0 Å². The van der Waals surface area contributed by atoms with E-state index in [4.69, 9.17) is 16.7 Å². The topological polar surface area (TPSA) is 94.9 Å². The number of thiazole rings is 1. The number of aryl methyl sites for hydroxylation is 1. The zero-order chi connectivity index (χ0) is 18.8. The van der Waals surface area contributed by atoms with Gasteiger partial charge in [0.05, 0.1) is 5.69 Å². The monoisotopic (exact) mass is 396 g/mol. The Morgan fingerprint density at radius 2 is 2.08 bits per heavy atom. The molecule has 1 aromatic heterocycles. The molecule has 3 heterocycles. The number of carboxylic acids is 1. The highest BCUT2D eigenvalue weighted by molar-refractivity contribution is 7.17. The molecule has 1 saturated heterocycles. The molecule has 0 saturated carbocycles. The average Bonchev–Trinajstić information content (AvgIpc) is 3.18. The average molecular weight is 397 g/mol. The molecule has 0 unspecified atom stereocenters. The number of hydrogen-bond donors (Lipinski definition) is 2. The fraction of sp³-hybridized carbons (Fsp3) is 0.529. The van der Waals surface area contributed by atoms with Crippen molar-refractivity contribution in [3.05, 3.63) is 21.3 Å². The number of carboxylic acid groups (broad SMARTS) is 1. The van der Waals surface area contributed by atoms with Crippen molar-refractivity contribution >= 4 is 45.7 Å². The number of halogens is 1. The van der Waals surface area contributed by atoms with Gasteiger partial charge in [-0.05, 0) is 31.8 Å². The summed E-state index contributed by atoms with van der Waals surface area (Å²) in [5, 5.41) is 13.4. The van der Waals surface area contributed by atoms with Gasteiger partial charge in [-0.3, -0.25) is 4.79 Å². The second kappa shape index (κ2) is 7.75. The van der Waals surface area contributed by atoms with Gasteiger partial charge in [-0.2, -0.15) is 0 Å². The van der Waals surface area contributed by atoms with Crippen LogP contribution in [0.5, 0.6) is 0 Å². The van der Waals surface area contributed by atoms with Crippen molar-refractivity contribution < 1.29 is 14.7 Å². The van der Waals surface area contributed by atoms with E-state index in [-0.39, 0.29) is 16.8 Å². The maximum Gasteiger partial charge on any atom is 0.347 e. The van der Waals surface area contributed by atoms with Crippen molar-refractivity contribution in [2.24, 2.45) is 4.99 Å². The highest BCUT2D eigenvalue weighted by Crippen LogP contribution is 2.29. The van der Waals surface area contributed by atoms with E-state index in [0.717, 1.165) is 43.1 Å². The van der Waals surface area contributed by atoms with Gasteiger partial charge in [0, 0.05) is 25.6 Å². The summed E-state index contributed by atoms with van der Waals surface area (Å²) in [4.78, 5) is 34.4. The molecule has 0 atom stereocenters. The Hall–Kier alpha value is -1.93. The van der Waals surface area contributed by atoms with Crippen LogP contribution in [0.1, 0.15) is 48.0 Å². The van der Waals surface area contributed by atoms with Gasteiger partial charge in [-0.15, -0.1) is 0 Å². The number of nitrogens with zero attached hydrogens (tertiary/aromatic N) is 3. The molecule has 7 nitrogen and oxygen atoms in total. The standard InChI is InChI=1S/C17H21ClN4O3S/c1-3-10-8-12(21-14(10)18)15(23)20-11-4-6-22(7-5-11)17-19-9(2)13(26-17)16(24)25/h11H,3-8H2,1-2H3,(H,20,23)(H,24,25). The van der Waals surface area contributed by atoms with E-state index >= 15 is 0 Å². The SMILES string of the molecule is CCC1=C(Cl)N=C(C(=O)NC2CCN(c3nc(C)c(C(=O)O)s3)CC2)C1. The van der Waals surface area contributed by atoms with Gasteiger partial charge in [0.15, 0.2) is 5.13 Å². The molecule has 1 fully saturated rings. The Balaban J connectivity index is 1.53. The number of piperidine rings is 1. The third-order valence-electron chi connectivity index (χ3n) is 4.67. The van der Waals surface area contributed by atoms with Gasteiger partial charge >= 0.3 is 5.97 Å². The minimum Gasteiger partial charge on any atom is -0.477 e. The summed E-state index contributed by atoms with van der Waals surface area (Å²) < 4.78 is 0. The number of carbonyl (C=O) groups excluding carboxylic acids is 1. The quantitative estimate of drug-likeness (QED) is 0.746. The molecular weight excluding hydrogens is 376 g/mol. The summed E-state index contributed by atoms with van der Waals surface area (Å²) >= 11 is 7.24. The van der Waals surface area contributed by atoms with E-state index in [2.05, 4.69) is 20.2 Å². The molecule has 3 rings (SSSR count). The van der Waals surface area contributed by atoms with Gasteiger partial charge in [-0.1, -0.05) is 29.9 Å². The van der Waals surface area contributed by atoms with Crippen LogP contribution in [0.25, 0.3) is 0 Å². The van der Waals surface area contributed by atoms with E-state index in [0.29, 0.717) is 23.0 Å². The van der Waals surface area contributed by atoms with Gasteiger partial charge in [0.25, 0.3) is 5.91 Å². The number of carbonyl (C=O) groups is 2. The Labute approximate surface area is 160 Å². The normalized spacial score (nSPS) is 18.3. The first-order valence-electron chi connectivity index (χ1n) is 8.60. The lowest BCUT2D eigenvalue weighted by atomic mass is 10.0. The molecule has 0 bridgehead atoms. The number of rotatable bonds is 5. The summed E-state index contributed by atoms with van der Waals surface area (Å²) in [6.07, 6.45) is 2.88. The predicted molar refractivity (Wildman–Crippen MR) is 102 cm³/mol. The Kier molecular flexibility index (Phi) is 5.62. The molecule has 2 N–H and O–H groups in total. The Morgan fingerprint density at radius 1 is 1.38 bits per heavy atom. The first-order chi connectivity index (χ1) is 12.4. The second-order valence-corrected chi connectivity index (χ2v) is 7.77. The lowest BCUT2D eigenvalue weighted by Gasteiger charge is -2.32. The molecule has 9 heteroatoms. The highest BCUT2D eigenvalue weighted by atomic mass is 35.5. The summed E-state index contributed by atoms with van der Waals surface area (Å²) in [6, 6.07) is 0.0749. The lowest BCUT2D eigenvalue weighted by Crippen LogP contribution is -2.46. The molecule has 0 aromatic carbocycles. The molecular formula is C17H21ClN4O3S. The van der Waals surface area contributed by atoms with E-state index in [9.17, 15) is 9.59 Å². The van der Waals surface area contributed by atoms with Crippen molar-refractivity contribution in [2.75, 3.05) is 18.0 Å². The summed E-state index contributed by atoms with van der Waals surface area (Å²) in [6.45, 7) is 5.16. The van der Waals surface area contributed by atoms with Crippen molar-refractivity contribution in [2.45, 2.75) is 45.6 Å². The molecule has 1 amide bonds. The minimum absolute atomic E-state index is 0.0749. The van der Waals surface area contributed by atoms with Crippen LogP contribution in [-0.2, 0) is 4.79 Å². The molecule has 26 heavy (non-hydrogen) atoms. The zero-order valence-electron chi connectivity index (χ0n) is 14.7. The fourth-order valence-corrected chi connectivity index (χ4v) is 4.37. The van der Waals surface area contributed by atoms with Crippen LogP contribution in [0.3, 0.4) is 0 Å². The third-order valence-corrected chi connectivity index (χ3v) is 6.23. The van der Waals surface area contributed by atoms with Crippen molar-refractivity contribution in [1.82, 2.24) is 10.3 Å². The van der Waals surface area contributed by atoms with E-state index in [1.54, 1.807) is 6.92 Å². The number of amides is 1. The van der Waals surface area contributed by atoms with Gasteiger partial charge < -0.3 is 15.3 Å². The number of aliphatic imine (C=N–C) groups is 1. The summed E-state index contributed by atoms with van der Waals surface area (Å²) in [5.74, 6) is -1.09. The van der Waals surface area contributed by atoms with Gasteiger partial charge in [0.1, 0.15) is 15.7 Å². The minimum atomic E-state index is -0.940. The molecule has 0 radical (unpaired) electrons. The predicted octanol–water partition coefficient (Wildman–Crippen LogP) is 2.94. The molecule has 2 aliphatic rings. The van der Waals surface area contributed by atoms with Crippen LogP contribution in [0, 0.1) is 6.92 Å². The number of anilines is 1. The first-order valence-corrected chi connectivity index (χ1v) is 9.80. The van der Waals surface area contributed by atoms with Crippen LogP contribution in [0.15, 0.2) is 15.7 Å². The summed E-state index contributed by atoms with van der Waals surface area (Å²) in [7, 11) is 0. The Morgan fingerprint density at radius 3 is 2.62 bits per heavy atom. The Bertz CT molecular complexity index is 794. The molecule has 1 aromatic rings. The lowest BCUT2D eigenvalue weighted by molar-refractivity contribution is -0.115. The maximum absolute atomic E-state index is 12.4. The van der Waals surface area contributed by atoms with Crippen molar-refractivity contribution in [1.29, 1.82) is 0 Å². The highest BCUT2D eigenvalue weighted by Gasteiger charge is 2.27. The largest absolute Gasteiger partial charge is 0.477 e. The van der Waals surface area contributed by atoms with E-state index < -0.39 is 5.97 Å². The third kappa shape index (κ3) is 3.91. The number of aromatic carboxylic acids is 1. The fourth-order valence-electron chi connectivity index (χ4n) is 3.11. The number of aromatic nitrogens is 1. The molecule has 0 aliphatic carbocycles. The number of hydrogen-bond acceptors (Lipinski definition) is 6.